The van der Waals surface area contributed by atoms with Gasteiger partial charge in [0.25, 0.3) is 5.91 Å². The number of fused-ring (bicyclic) bond motifs is 1. The number of Topliss-reactive ketones (excluding diaryl/α,β-unsaturated/α-hetero) is 1. The Morgan fingerprint density at radius 2 is 2.00 bits per heavy atom. The molecule has 1 aromatic heterocycles. The maximum atomic E-state index is 12.4. The van der Waals surface area contributed by atoms with Gasteiger partial charge in [-0.2, -0.15) is 0 Å². The number of furan rings is 1. The molecule has 0 aromatic carbocycles. The molecule has 0 saturated heterocycles. The smallest absolute Gasteiger partial charge is 0.287 e. The molecule has 2 N–H and O–H groups in total. The number of carbonyl (C=O) groups is 2. The first-order chi connectivity index (χ1) is 11.1. The molecular formula is C19H29NO4. The minimum atomic E-state index is -0.269. The molecule has 0 bridgehead atoms. The number of aliphatic hydroxyl groups excluding tert-OH is 1. The van der Waals surface area contributed by atoms with Crippen molar-refractivity contribution in [3.05, 3.63) is 22.6 Å². The van der Waals surface area contributed by atoms with Gasteiger partial charge in [0.15, 0.2) is 11.5 Å². The van der Waals surface area contributed by atoms with E-state index in [0.717, 1.165) is 12.8 Å². The van der Waals surface area contributed by atoms with E-state index >= 15 is 0 Å². The lowest BCUT2D eigenvalue weighted by molar-refractivity contribution is 0.0887. The lowest BCUT2D eigenvalue weighted by atomic mass is 9.76. The number of rotatable bonds is 6. The zero-order valence-corrected chi connectivity index (χ0v) is 15.4. The van der Waals surface area contributed by atoms with E-state index in [1.54, 1.807) is 6.92 Å². The van der Waals surface area contributed by atoms with Crippen LogP contribution in [0.5, 0.6) is 0 Å². The third-order valence-corrected chi connectivity index (χ3v) is 4.73. The first kappa shape index (κ1) is 18.7. The van der Waals surface area contributed by atoms with Crippen LogP contribution in [0, 0.1) is 17.8 Å². The van der Waals surface area contributed by atoms with Crippen molar-refractivity contribution in [3.63, 3.8) is 0 Å². The van der Waals surface area contributed by atoms with Gasteiger partial charge < -0.3 is 14.8 Å². The minimum Gasteiger partial charge on any atom is -0.455 e. The molecule has 0 unspecified atom stereocenters. The largest absolute Gasteiger partial charge is 0.455 e. The summed E-state index contributed by atoms with van der Waals surface area (Å²) in [6, 6.07) is 0. The minimum absolute atomic E-state index is 0.0613. The molecule has 1 aliphatic rings. The fourth-order valence-electron chi connectivity index (χ4n) is 3.23. The quantitative estimate of drug-likeness (QED) is 0.782. The molecule has 0 fully saturated rings. The number of ketones is 1. The van der Waals surface area contributed by atoms with Gasteiger partial charge in [-0.25, -0.2) is 0 Å². The summed E-state index contributed by atoms with van der Waals surface area (Å²) >= 11 is 0. The van der Waals surface area contributed by atoms with Crippen molar-refractivity contribution in [2.45, 2.75) is 60.3 Å². The van der Waals surface area contributed by atoms with Crippen molar-refractivity contribution in [2.75, 3.05) is 13.2 Å². The first-order valence-corrected chi connectivity index (χ1v) is 8.61. The highest BCUT2D eigenvalue weighted by atomic mass is 16.4. The topological polar surface area (TPSA) is 79.5 Å². The summed E-state index contributed by atoms with van der Waals surface area (Å²) in [7, 11) is 0. The fourth-order valence-corrected chi connectivity index (χ4v) is 3.23. The summed E-state index contributed by atoms with van der Waals surface area (Å²) in [5, 5.41) is 12.1. The maximum Gasteiger partial charge on any atom is 0.287 e. The molecule has 24 heavy (non-hydrogen) atoms. The van der Waals surface area contributed by atoms with E-state index in [-0.39, 0.29) is 34.9 Å². The van der Waals surface area contributed by atoms with Gasteiger partial charge in [0, 0.05) is 31.6 Å². The first-order valence-electron chi connectivity index (χ1n) is 8.61. The van der Waals surface area contributed by atoms with E-state index in [4.69, 9.17) is 4.42 Å². The van der Waals surface area contributed by atoms with E-state index < -0.39 is 0 Å². The summed E-state index contributed by atoms with van der Waals surface area (Å²) < 4.78 is 5.75. The van der Waals surface area contributed by atoms with Crippen LogP contribution in [0.25, 0.3) is 0 Å². The van der Waals surface area contributed by atoms with Gasteiger partial charge in [-0.1, -0.05) is 27.7 Å². The van der Waals surface area contributed by atoms with Crippen molar-refractivity contribution < 1.29 is 19.1 Å². The van der Waals surface area contributed by atoms with Crippen LogP contribution in [0.1, 0.15) is 79.2 Å². The molecule has 5 heteroatoms. The summed E-state index contributed by atoms with van der Waals surface area (Å²) in [4.78, 5) is 24.7. The second kappa shape index (κ2) is 6.71. The number of carbonyl (C=O) groups excluding carboxylic acids is 2. The SMILES string of the molecule is Cc1c(C(=O)NCCCC(C)(C)CO)oc2c1C(=O)CC(C)(C)C2. The van der Waals surface area contributed by atoms with Crippen LogP contribution in [0.2, 0.25) is 0 Å². The predicted molar refractivity (Wildman–Crippen MR) is 92.3 cm³/mol. The molecule has 1 heterocycles. The molecule has 5 nitrogen and oxygen atoms in total. The highest BCUT2D eigenvalue weighted by Crippen LogP contribution is 2.38. The van der Waals surface area contributed by atoms with Gasteiger partial charge in [-0.05, 0) is 30.6 Å². The third kappa shape index (κ3) is 4.07. The summed E-state index contributed by atoms with van der Waals surface area (Å²) in [5.74, 6) is 0.688. The number of nitrogens with one attached hydrogen (secondary N) is 1. The Morgan fingerprint density at radius 1 is 1.33 bits per heavy atom. The molecule has 2 rings (SSSR count). The van der Waals surface area contributed by atoms with E-state index in [0.29, 0.717) is 36.3 Å². The third-order valence-electron chi connectivity index (χ3n) is 4.73. The zero-order valence-electron chi connectivity index (χ0n) is 15.4. The van der Waals surface area contributed by atoms with Crippen LogP contribution in [0.3, 0.4) is 0 Å². The summed E-state index contributed by atoms with van der Waals surface area (Å²) in [5.41, 5.74) is 0.986. The van der Waals surface area contributed by atoms with Crippen LogP contribution < -0.4 is 5.32 Å². The number of hydrogen-bond donors (Lipinski definition) is 2. The van der Waals surface area contributed by atoms with Crippen LogP contribution >= 0.6 is 0 Å². The normalized spacial score (nSPS) is 16.8. The van der Waals surface area contributed by atoms with E-state index in [1.807, 2.05) is 27.7 Å². The predicted octanol–water partition coefficient (Wildman–Crippen LogP) is 3.27. The average molecular weight is 335 g/mol. The molecule has 0 radical (unpaired) electrons. The lowest BCUT2D eigenvalue weighted by Crippen LogP contribution is -2.27. The molecule has 0 atom stereocenters. The molecule has 1 aliphatic carbocycles. The van der Waals surface area contributed by atoms with Crippen molar-refractivity contribution in [2.24, 2.45) is 10.8 Å². The molecule has 0 spiro atoms. The second-order valence-electron chi connectivity index (χ2n) is 8.48. The molecule has 1 amide bonds. The Hall–Kier alpha value is -1.62. The number of aliphatic hydroxyl groups is 1. The Morgan fingerprint density at radius 3 is 2.62 bits per heavy atom. The van der Waals surface area contributed by atoms with Crippen molar-refractivity contribution in [3.8, 4) is 0 Å². The molecule has 134 valence electrons. The molecule has 0 saturated carbocycles. The van der Waals surface area contributed by atoms with Gasteiger partial charge in [0.2, 0.25) is 0 Å². The maximum absolute atomic E-state index is 12.4. The van der Waals surface area contributed by atoms with Crippen LogP contribution in [-0.2, 0) is 6.42 Å². The van der Waals surface area contributed by atoms with Gasteiger partial charge in [-0.3, -0.25) is 9.59 Å². The van der Waals surface area contributed by atoms with Crippen molar-refractivity contribution in [1.29, 1.82) is 0 Å². The van der Waals surface area contributed by atoms with Gasteiger partial charge >= 0.3 is 0 Å². The Kier molecular flexibility index (Phi) is 5.23. The highest BCUT2D eigenvalue weighted by molar-refractivity contribution is 6.03. The highest BCUT2D eigenvalue weighted by Gasteiger charge is 2.36. The van der Waals surface area contributed by atoms with E-state index in [1.165, 1.54) is 0 Å². The van der Waals surface area contributed by atoms with Crippen LogP contribution in [-0.4, -0.2) is 29.9 Å². The standard InChI is InChI=1S/C19H29NO4/c1-12-15-13(22)9-19(4,5)10-14(15)24-16(12)17(23)20-8-6-7-18(2,3)11-21/h21H,6-11H2,1-5H3,(H,20,23). The Balaban J connectivity index is 2.03. The van der Waals surface area contributed by atoms with Crippen LogP contribution in [0.4, 0.5) is 0 Å². The Labute approximate surface area is 143 Å². The average Bonchev–Trinajstić information content (AvgIpc) is 2.79. The summed E-state index contributed by atoms with van der Waals surface area (Å²) in [6.07, 6.45) is 2.76. The monoisotopic (exact) mass is 335 g/mol. The zero-order chi connectivity index (χ0) is 18.1. The fraction of sp³-hybridized carbons (Fsp3) is 0.684. The Bertz CT molecular complexity index is 640. The van der Waals surface area contributed by atoms with Crippen LogP contribution in [0.15, 0.2) is 4.42 Å². The summed E-state index contributed by atoms with van der Waals surface area (Å²) in [6.45, 7) is 10.5. The second-order valence-corrected chi connectivity index (χ2v) is 8.48. The van der Waals surface area contributed by atoms with Crippen molar-refractivity contribution in [1.82, 2.24) is 5.32 Å². The van der Waals surface area contributed by atoms with Crippen molar-refractivity contribution >= 4 is 11.7 Å². The van der Waals surface area contributed by atoms with E-state index in [2.05, 4.69) is 5.32 Å². The molecule has 0 aliphatic heterocycles. The molecular weight excluding hydrogens is 306 g/mol. The van der Waals surface area contributed by atoms with Gasteiger partial charge in [-0.15, -0.1) is 0 Å². The number of hydrogen-bond acceptors (Lipinski definition) is 4. The van der Waals surface area contributed by atoms with E-state index in [9.17, 15) is 14.7 Å². The number of amides is 1. The lowest BCUT2D eigenvalue weighted by Gasteiger charge is -2.27. The van der Waals surface area contributed by atoms with Gasteiger partial charge in [0.05, 0.1) is 5.56 Å². The molecule has 1 aromatic rings. The van der Waals surface area contributed by atoms with Gasteiger partial charge in [0.1, 0.15) is 5.76 Å².